The number of nitrogens with zero attached hydrogens (tertiary/aromatic N) is 1. The maximum absolute atomic E-state index is 14.2. The summed E-state index contributed by atoms with van der Waals surface area (Å²) in [7, 11) is 1.51. The number of halogens is 1. The second kappa shape index (κ2) is 11.2. The minimum absolute atomic E-state index is 0.0322. The minimum Gasteiger partial charge on any atom is -0.493 e. The molecule has 2 rings (SSSR count). The second-order valence-electron chi connectivity index (χ2n) is 7.05. The fourth-order valence-corrected chi connectivity index (χ4v) is 2.82. The molecular formula is C23H29FN2O4. The van der Waals surface area contributed by atoms with Gasteiger partial charge in [0.15, 0.2) is 18.1 Å². The van der Waals surface area contributed by atoms with E-state index >= 15 is 0 Å². The highest BCUT2D eigenvalue weighted by Gasteiger charge is 2.28. The number of para-hydroxylation sites is 2. The fourth-order valence-electron chi connectivity index (χ4n) is 2.82. The molecule has 0 unspecified atom stereocenters. The molecule has 0 saturated carbocycles. The van der Waals surface area contributed by atoms with Gasteiger partial charge in [0.05, 0.1) is 7.11 Å². The molecule has 2 atom stereocenters. The minimum atomic E-state index is -0.799. The molecule has 0 saturated heterocycles. The van der Waals surface area contributed by atoms with E-state index < -0.39 is 17.8 Å². The molecule has 7 heteroatoms. The van der Waals surface area contributed by atoms with E-state index in [2.05, 4.69) is 5.32 Å². The van der Waals surface area contributed by atoms with Gasteiger partial charge in [0, 0.05) is 18.2 Å². The average Bonchev–Trinajstić information content (AvgIpc) is 2.76. The van der Waals surface area contributed by atoms with E-state index in [0.29, 0.717) is 17.1 Å². The Morgan fingerprint density at radius 1 is 1.07 bits per heavy atom. The zero-order chi connectivity index (χ0) is 22.1. The summed E-state index contributed by atoms with van der Waals surface area (Å²) in [4.78, 5) is 27.0. The summed E-state index contributed by atoms with van der Waals surface area (Å²) in [6.45, 7) is 5.11. The van der Waals surface area contributed by atoms with Gasteiger partial charge in [-0.25, -0.2) is 4.39 Å². The molecule has 0 aliphatic carbocycles. The van der Waals surface area contributed by atoms with Crippen molar-refractivity contribution in [1.82, 2.24) is 10.2 Å². The molecule has 0 spiro atoms. The number of hydrogen-bond acceptors (Lipinski definition) is 4. The van der Waals surface area contributed by atoms with E-state index in [1.54, 1.807) is 49.4 Å². The maximum atomic E-state index is 14.2. The van der Waals surface area contributed by atoms with E-state index in [0.717, 1.165) is 6.42 Å². The predicted molar refractivity (Wildman–Crippen MR) is 113 cm³/mol. The van der Waals surface area contributed by atoms with Gasteiger partial charge in [0.1, 0.15) is 11.9 Å². The SMILES string of the molecule is CC[C@H](C)NC(=O)[C@H](C)N(Cc1ccccc1F)C(=O)COc1ccccc1OC. The molecule has 0 aliphatic rings. The first-order valence-corrected chi connectivity index (χ1v) is 9.96. The van der Waals surface area contributed by atoms with Crippen molar-refractivity contribution in [3.05, 3.63) is 59.9 Å². The van der Waals surface area contributed by atoms with Crippen molar-refractivity contribution < 1.29 is 23.5 Å². The van der Waals surface area contributed by atoms with E-state index in [-0.39, 0.29) is 25.1 Å². The Labute approximate surface area is 177 Å². The Hall–Kier alpha value is -3.09. The van der Waals surface area contributed by atoms with Crippen molar-refractivity contribution >= 4 is 11.8 Å². The third kappa shape index (κ3) is 6.20. The highest BCUT2D eigenvalue weighted by molar-refractivity contribution is 5.88. The molecule has 2 aromatic carbocycles. The Morgan fingerprint density at radius 3 is 2.33 bits per heavy atom. The summed E-state index contributed by atoms with van der Waals surface area (Å²) < 4.78 is 25.1. The third-order valence-corrected chi connectivity index (χ3v) is 4.89. The summed E-state index contributed by atoms with van der Waals surface area (Å²) in [5.74, 6) is -0.262. The van der Waals surface area contributed by atoms with Crippen LogP contribution in [0.2, 0.25) is 0 Å². The van der Waals surface area contributed by atoms with E-state index in [9.17, 15) is 14.0 Å². The molecule has 0 radical (unpaired) electrons. The normalized spacial score (nSPS) is 12.6. The van der Waals surface area contributed by atoms with Crippen LogP contribution in [0.4, 0.5) is 4.39 Å². The number of hydrogen-bond donors (Lipinski definition) is 1. The van der Waals surface area contributed by atoms with Gasteiger partial charge in [-0.3, -0.25) is 9.59 Å². The molecule has 2 aromatic rings. The molecule has 0 fully saturated rings. The Morgan fingerprint density at radius 2 is 1.70 bits per heavy atom. The van der Waals surface area contributed by atoms with Gasteiger partial charge < -0.3 is 19.7 Å². The van der Waals surface area contributed by atoms with E-state index in [1.165, 1.54) is 18.1 Å². The largest absolute Gasteiger partial charge is 0.493 e. The van der Waals surface area contributed by atoms with Crippen LogP contribution in [0.25, 0.3) is 0 Å². The molecule has 6 nitrogen and oxygen atoms in total. The van der Waals surface area contributed by atoms with Gasteiger partial charge in [-0.1, -0.05) is 37.3 Å². The van der Waals surface area contributed by atoms with Crippen molar-refractivity contribution in [2.75, 3.05) is 13.7 Å². The monoisotopic (exact) mass is 416 g/mol. The molecule has 0 aromatic heterocycles. The summed E-state index contributed by atoms with van der Waals surface area (Å²) in [5.41, 5.74) is 0.325. The van der Waals surface area contributed by atoms with Crippen LogP contribution in [-0.4, -0.2) is 42.5 Å². The number of rotatable bonds is 10. The average molecular weight is 416 g/mol. The first-order chi connectivity index (χ1) is 14.4. The van der Waals surface area contributed by atoms with Crippen molar-refractivity contribution in [2.45, 2.75) is 45.8 Å². The number of nitrogens with one attached hydrogen (secondary N) is 1. The molecular weight excluding hydrogens is 387 g/mol. The van der Waals surface area contributed by atoms with Crippen molar-refractivity contribution in [2.24, 2.45) is 0 Å². The lowest BCUT2D eigenvalue weighted by Gasteiger charge is -2.29. The van der Waals surface area contributed by atoms with Crippen molar-refractivity contribution in [1.29, 1.82) is 0 Å². The van der Waals surface area contributed by atoms with E-state index in [4.69, 9.17) is 9.47 Å². The molecule has 1 N–H and O–H groups in total. The van der Waals surface area contributed by atoms with Gasteiger partial charge in [-0.05, 0) is 38.5 Å². The van der Waals surface area contributed by atoms with Crippen LogP contribution < -0.4 is 14.8 Å². The Kier molecular flexibility index (Phi) is 8.65. The van der Waals surface area contributed by atoms with Crippen LogP contribution >= 0.6 is 0 Å². The van der Waals surface area contributed by atoms with Crippen molar-refractivity contribution in [3.8, 4) is 11.5 Å². The number of ether oxygens (including phenoxy) is 2. The lowest BCUT2D eigenvalue weighted by atomic mass is 10.1. The number of amides is 2. The molecule has 162 valence electrons. The van der Waals surface area contributed by atoms with Gasteiger partial charge in [0.25, 0.3) is 5.91 Å². The molecule has 0 aliphatic heterocycles. The summed E-state index contributed by atoms with van der Waals surface area (Å²) in [5, 5.41) is 2.87. The first kappa shape index (κ1) is 23.2. The third-order valence-electron chi connectivity index (χ3n) is 4.89. The van der Waals surface area contributed by atoms with Gasteiger partial charge in [-0.2, -0.15) is 0 Å². The van der Waals surface area contributed by atoms with E-state index in [1.807, 2.05) is 13.8 Å². The maximum Gasteiger partial charge on any atom is 0.261 e. The quantitative estimate of drug-likeness (QED) is 0.643. The highest BCUT2D eigenvalue weighted by Crippen LogP contribution is 2.26. The zero-order valence-corrected chi connectivity index (χ0v) is 17.9. The Balaban J connectivity index is 2.19. The van der Waals surface area contributed by atoms with Crippen molar-refractivity contribution in [3.63, 3.8) is 0 Å². The molecule has 30 heavy (non-hydrogen) atoms. The van der Waals surface area contributed by atoms with Crippen LogP contribution in [0.15, 0.2) is 48.5 Å². The van der Waals surface area contributed by atoms with Crippen LogP contribution in [0.3, 0.4) is 0 Å². The summed E-state index contributed by atoms with van der Waals surface area (Å²) in [6, 6.07) is 12.3. The second-order valence-corrected chi connectivity index (χ2v) is 7.05. The molecule has 2 amide bonds. The number of methoxy groups -OCH3 is 1. The number of carbonyl (C=O) groups is 2. The smallest absolute Gasteiger partial charge is 0.261 e. The van der Waals surface area contributed by atoms with Gasteiger partial charge in [-0.15, -0.1) is 0 Å². The molecule has 0 bridgehead atoms. The van der Waals surface area contributed by atoms with Crippen LogP contribution in [0.1, 0.15) is 32.8 Å². The van der Waals surface area contributed by atoms with Gasteiger partial charge in [0.2, 0.25) is 5.91 Å². The lowest BCUT2D eigenvalue weighted by Crippen LogP contribution is -2.50. The first-order valence-electron chi connectivity index (χ1n) is 9.96. The topological polar surface area (TPSA) is 67.9 Å². The number of benzene rings is 2. The highest BCUT2D eigenvalue weighted by atomic mass is 19.1. The number of carbonyl (C=O) groups excluding carboxylic acids is 2. The van der Waals surface area contributed by atoms with Gasteiger partial charge >= 0.3 is 0 Å². The predicted octanol–water partition coefficient (Wildman–Crippen LogP) is 3.55. The van der Waals surface area contributed by atoms with Crippen LogP contribution in [0.5, 0.6) is 11.5 Å². The fraction of sp³-hybridized carbons (Fsp3) is 0.391. The lowest BCUT2D eigenvalue weighted by molar-refractivity contribution is -0.142. The zero-order valence-electron chi connectivity index (χ0n) is 17.9. The molecule has 0 heterocycles. The van der Waals surface area contributed by atoms with Crippen LogP contribution in [0, 0.1) is 5.82 Å². The summed E-state index contributed by atoms with van der Waals surface area (Å²) >= 11 is 0. The Bertz CT molecular complexity index is 859. The van der Waals surface area contributed by atoms with Crippen LogP contribution in [-0.2, 0) is 16.1 Å². The standard InChI is InChI=1S/C23H29FN2O4/c1-5-16(2)25-23(28)17(3)26(14-18-10-6-7-11-19(18)24)22(27)15-30-21-13-9-8-12-20(21)29-4/h6-13,16-17H,5,14-15H2,1-4H3,(H,25,28)/t16-,17-/m0/s1. The summed E-state index contributed by atoms with van der Waals surface area (Å²) in [6.07, 6.45) is 0.761.